The summed E-state index contributed by atoms with van der Waals surface area (Å²) in [6.45, 7) is 0.395. The van der Waals surface area contributed by atoms with E-state index in [9.17, 15) is 9.90 Å². The first-order chi connectivity index (χ1) is 9.63. The predicted octanol–water partition coefficient (Wildman–Crippen LogP) is 1.73. The molecule has 0 unspecified atom stereocenters. The number of carboxylic acid groups (broad SMARTS) is 1. The maximum Gasteiger partial charge on any atom is 0.356 e. The van der Waals surface area contributed by atoms with E-state index in [1.54, 1.807) is 18.8 Å². The predicted molar refractivity (Wildman–Crippen MR) is 71.4 cm³/mol. The van der Waals surface area contributed by atoms with E-state index in [-0.39, 0.29) is 5.69 Å². The van der Waals surface area contributed by atoms with Gasteiger partial charge in [0.1, 0.15) is 0 Å². The van der Waals surface area contributed by atoms with E-state index < -0.39 is 5.97 Å². The summed E-state index contributed by atoms with van der Waals surface area (Å²) in [7, 11) is 3.32. The molecule has 0 amide bonds. The maximum atomic E-state index is 11.3. The Morgan fingerprint density at radius 1 is 1.50 bits per heavy atom. The number of carboxylic acids is 1. The fourth-order valence-corrected chi connectivity index (χ4v) is 2.58. The molecule has 0 radical (unpaired) electrons. The number of fused-ring (bicyclic) bond motifs is 3. The van der Waals surface area contributed by atoms with E-state index in [0.717, 1.165) is 11.3 Å². The van der Waals surface area contributed by atoms with Gasteiger partial charge in [0.15, 0.2) is 17.2 Å². The van der Waals surface area contributed by atoms with Crippen LogP contribution in [-0.4, -0.2) is 34.6 Å². The number of para-hydroxylation sites is 1. The molecule has 0 spiro atoms. The zero-order valence-corrected chi connectivity index (χ0v) is 11.2. The lowest BCUT2D eigenvalue weighted by atomic mass is 10.0. The number of hydrogen-bond acceptors (Lipinski definition) is 4. The minimum atomic E-state index is -1.02. The first kappa shape index (κ1) is 12.5. The fraction of sp³-hybridized carbons (Fsp3) is 0.286. The second-order valence-electron chi connectivity index (χ2n) is 4.54. The summed E-state index contributed by atoms with van der Waals surface area (Å²) in [4.78, 5) is 11.3. The second-order valence-corrected chi connectivity index (χ2v) is 4.54. The molecule has 1 aliphatic rings. The first-order valence-electron chi connectivity index (χ1n) is 6.22. The van der Waals surface area contributed by atoms with E-state index in [2.05, 4.69) is 5.10 Å². The minimum Gasteiger partial charge on any atom is -0.493 e. The highest BCUT2D eigenvalue weighted by molar-refractivity contribution is 5.90. The summed E-state index contributed by atoms with van der Waals surface area (Å²) in [5.41, 5.74) is 2.36. The highest BCUT2D eigenvalue weighted by atomic mass is 16.5. The smallest absolute Gasteiger partial charge is 0.356 e. The third kappa shape index (κ3) is 1.72. The van der Waals surface area contributed by atoms with Gasteiger partial charge in [-0.05, 0) is 12.1 Å². The number of hydrogen-bond donors (Lipinski definition) is 1. The van der Waals surface area contributed by atoms with Crippen molar-refractivity contribution >= 4 is 5.97 Å². The Morgan fingerprint density at radius 3 is 3.00 bits per heavy atom. The van der Waals surface area contributed by atoms with Crippen LogP contribution in [0.5, 0.6) is 11.5 Å². The molecule has 0 saturated heterocycles. The first-order valence-corrected chi connectivity index (χ1v) is 6.22. The quantitative estimate of drug-likeness (QED) is 0.902. The minimum absolute atomic E-state index is 0.0850. The van der Waals surface area contributed by atoms with Crippen LogP contribution in [-0.2, 0) is 13.5 Å². The average molecular weight is 274 g/mol. The van der Waals surface area contributed by atoms with Crippen molar-refractivity contribution in [3.63, 3.8) is 0 Å². The summed E-state index contributed by atoms with van der Waals surface area (Å²) < 4.78 is 12.6. The number of methoxy groups -OCH3 is 1. The standard InChI is InChI=1S/C14H14N2O4/c1-16-12-8(11(15-16)14(17)18)6-7-20-13-9(12)4-3-5-10(13)19-2/h3-5H,6-7H2,1-2H3,(H,17,18). The highest BCUT2D eigenvalue weighted by Crippen LogP contribution is 2.41. The SMILES string of the molecule is COc1cccc2c1OCCc1c(C(=O)O)nn(C)c1-2. The fourth-order valence-electron chi connectivity index (χ4n) is 2.58. The molecule has 2 heterocycles. The second kappa shape index (κ2) is 4.56. The third-order valence-electron chi connectivity index (χ3n) is 3.40. The monoisotopic (exact) mass is 274 g/mol. The summed E-state index contributed by atoms with van der Waals surface area (Å²) in [5, 5.41) is 13.4. The van der Waals surface area contributed by atoms with Gasteiger partial charge in [-0.1, -0.05) is 6.07 Å². The normalized spacial score (nSPS) is 12.9. The van der Waals surface area contributed by atoms with Gasteiger partial charge in [0, 0.05) is 24.6 Å². The van der Waals surface area contributed by atoms with Crippen LogP contribution in [0.2, 0.25) is 0 Å². The van der Waals surface area contributed by atoms with Crippen LogP contribution in [0, 0.1) is 0 Å². The van der Waals surface area contributed by atoms with Crippen molar-refractivity contribution in [1.29, 1.82) is 0 Å². The van der Waals surface area contributed by atoms with Crippen molar-refractivity contribution < 1.29 is 19.4 Å². The molecule has 0 saturated carbocycles. The number of aryl methyl sites for hydroxylation is 1. The number of ether oxygens (including phenoxy) is 2. The largest absolute Gasteiger partial charge is 0.493 e. The van der Waals surface area contributed by atoms with Crippen LogP contribution >= 0.6 is 0 Å². The topological polar surface area (TPSA) is 73.6 Å². The molecule has 3 rings (SSSR count). The van der Waals surface area contributed by atoms with Crippen LogP contribution in [0.15, 0.2) is 18.2 Å². The van der Waals surface area contributed by atoms with Gasteiger partial charge in [0.05, 0.1) is 19.4 Å². The molecule has 1 aliphatic heterocycles. The Hall–Kier alpha value is -2.50. The highest BCUT2D eigenvalue weighted by Gasteiger charge is 2.27. The molecule has 6 nitrogen and oxygen atoms in total. The van der Waals surface area contributed by atoms with Crippen LogP contribution in [0.1, 0.15) is 16.1 Å². The van der Waals surface area contributed by atoms with Crippen molar-refractivity contribution in [2.24, 2.45) is 7.05 Å². The van der Waals surface area contributed by atoms with E-state index in [1.807, 2.05) is 18.2 Å². The van der Waals surface area contributed by atoms with E-state index in [0.29, 0.717) is 30.1 Å². The van der Waals surface area contributed by atoms with Crippen LogP contribution in [0.4, 0.5) is 0 Å². The summed E-state index contributed by atoms with van der Waals surface area (Å²) in [5.74, 6) is 0.246. The molecule has 20 heavy (non-hydrogen) atoms. The van der Waals surface area contributed by atoms with Crippen molar-refractivity contribution in [1.82, 2.24) is 9.78 Å². The lowest BCUT2D eigenvalue weighted by Crippen LogP contribution is -2.06. The third-order valence-corrected chi connectivity index (χ3v) is 3.40. The van der Waals surface area contributed by atoms with Crippen molar-refractivity contribution in [2.45, 2.75) is 6.42 Å². The molecule has 0 bridgehead atoms. The van der Waals surface area contributed by atoms with E-state index in [1.165, 1.54) is 0 Å². The van der Waals surface area contributed by atoms with Gasteiger partial charge < -0.3 is 14.6 Å². The Kier molecular flexibility index (Phi) is 2.85. The molecule has 1 aromatic heterocycles. The zero-order valence-electron chi connectivity index (χ0n) is 11.2. The lowest BCUT2D eigenvalue weighted by molar-refractivity contribution is 0.0688. The van der Waals surface area contributed by atoms with Gasteiger partial charge in [0.2, 0.25) is 0 Å². The zero-order chi connectivity index (χ0) is 14.3. The van der Waals surface area contributed by atoms with Gasteiger partial charge in [-0.15, -0.1) is 0 Å². The van der Waals surface area contributed by atoms with Gasteiger partial charge in [-0.2, -0.15) is 5.10 Å². The number of nitrogens with zero attached hydrogens (tertiary/aromatic N) is 2. The molecule has 104 valence electrons. The van der Waals surface area contributed by atoms with Crippen LogP contribution in [0.3, 0.4) is 0 Å². The Morgan fingerprint density at radius 2 is 2.30 bits per heavy atom. The molecule has 0 atom stereocenters. The molecular formula is C14H14N2O4. The molecule has 0 aliphatic carbocycles. The number of benzene rings is 1. The van der Waals surface area contributed by atoms with Crippen LogP contribution < -0.4 is 9.47 Å². The number of rotatable bonds is 2. The van der Waals surface area contributed by atoms with E-state index >= 15 is 0 Å². The molecule has 2 aromatic rings. The Balaban J connectivity index is 2.30. The van der Waals surface area contributed by atoms with Gasteiger partial charge >= 0.3 is 5.97 Å². The molecule has 6 heteroatoms. The van der Waals surface area contributed by atoms with Crippen molar-refractivity contribution in [3.8, 4) is 22.8 Å². The Labute approximate surface area is 115 Å². The van der Waals surface area contributed by atoms with Crippen molar-refractivity contribution in [3.05, 3.63) is 29.5 Å². The number of carbonyl (C=O) groups is 1. The summed E-state index contributed by atoms with van der Waals surface area (Å²) >= 11 is 0. The number of aromatic nitrogens is 2. The summed E-state index contributed by atoms with van der Waals surface area (Å²) in [6, 6.07) is 5.55. The lowest BCUT2D eigenvalue weighted by Gasteiger charge is -2.12. The van der Waals surface area contributed by atoms with Crippen LogP contribution in [0.25, 0.3) is 11.3 Å². The molecule has 0 fully saturated rings. The van der Waals surface area contributed by atoms with Gasteiger partial charge in [0.25, 0.3) is 0 Å². The molecule has 1 N–H and O–H groups in total. The van der Waals surface area contributed by atoms with Gasteiger partial charge in [-0.25, -0.2) is 4.79 Å². The number of aromatic carboxylic acids is 1. The summed E-state index contributed by atoms with van der Waals surface area (Å²) in [6.07, 6.45) is 0.503. The molecular weight excluding hydrogens is 260 g/mol. The maximum absolute atomic E-state index is 11.3. The average Bonchev–Trinajstić information content (AvgIpc) is 2.64. The van der Waals surface area contributed by atoms with Crippen molar-refractivity contribution in [2.75, 3.05) is 13.7 Å². The molecule has 1 aromatic carbocycles. The van der Waals surface area contributed by atoms with E-state index in [4.69, 9.17) is 9.47 Å². The van der Waals surface area contributed by atoms with Gasteiger partial charge in [-0.3, -0.25) is 4.68 Å². The Bertz CT molecular complexity index is 691.